The number of aromatic nitrogens is 1. The van der Waals surface area contributed by atoms with Gasteiger partial charge in [-0.25, -0.2) is 4.98 Å². The Bertz CT molecular complexity index is 731. The zero-order valence-electron chi connectivity index (χ0n) is 16.1. The van der Waals surface area contributed by atoms with Crippen molar-refractivity contribution in [2.75, 3.05) is 40.0 Å². The van der Waals surface area contributed by atoms with E-state index in [0.717, 1.165) is 53.1 Å². The summed E-state index contributed by atoms with van der Waals surface area (Å²) in [5.41, 5.74) is 1.85. The Hall–Kier alpha value is -2.06. The highest BCUT2D eigenvalue weighted by atomic mass is 32.2. The minimum Gasteiger partial charge on any atom is -0.356 e. The van der Waals surface area contributed by atoms with Crippen LogP contribution in [0.15, 0.2) is 45.2 Å². The van der Waals surface area contributed by atoms with E-state index >= 15 is 0 Å². The second-order valence-electron chi connectivity index (χ2n) is 6.08. The van der Waals surface area contributed by atoms with Gasteiger partial charge >= 0.3 is 0 Å². The van der Waals surface area contributed by atoms with Crippen molar-refractivity contribution in [3.8, 4) is 0 Å². The molecule has 1 heterocycles. The fraction of sp³-hybridized carbons (Fsp3) is 0.421. The molecule has 0 aliphatic carbocycles. The highest BCUT2D eigenvalue weighted by molar-refractivity contribution is 8.00. The molecule has 1 aromatic carbocycles. The van der Waals surface area contributed by atoms with E-state index in [4.69, 9.17) is 0 Å². The van der Waals surface area contributed by atoms with Crippen molar-refractivity contribution in [2.45, 2.75) is 17.2 Å². The predicted molar refractivity (Wildman–Crippen MR) is 115 cm³/mol. The molecule has 6 nitrogen and oxygen atoms in total. The number of rotatable bonds is 9. The van der Waals surface area contributed by atoms with Crippen molar-refractivity contribution in [1.82, 2.24) is 20.5 Å². The van der Waals surface area contributed by atoms with Gasteiger partial charge in [-0.05, 0) is 30.5 Å². The summed E-state index contributed by atoms with van der Waals surface area (Å²) in [6.07, 6.45) is 3.71. The third-order valence-electron chi connectivity index (χ3n) is 3.76. The zero-order valence-corrected chi connectivity index (χ0v) is 17.7. The second kappa shape index (κ2) is 11.6. The first-order chi connectivity index (χ1) is 13.1. The first-order valence-corrected chi connectivity index (χ1v) is 10.7. The zero-order chi connectivity index (χ0) is 19.5. The molecular formula is C19H27N5OS2. The summed E-state index contributed by atoms with van der Waals surface area (Å²) in [7, 11) is 5.30. The second-order valence-corrected chi connectivity index (χ2v) is 8.31. The van der Waals surface area contributed by atoms with E-state index in [0.29, 0.717) is 0 Å². The number of thiazole rings is 1. The van der Waals surface area contributed by atoms with Crippen molar-refractivity contribution in [1.29, 1.82) is 0 Å². The molecule has 0 saturated carbocycles. The molecule has 0 fully saturated rings. The fourth-order valence-corrected chi connectivity index (χ4v) is 4.03. The van der Waals surface area contributed by atoms with Crippen LogP contribution >= 0.6 is 23.1 Å². The minimum absolute atomic E-state index is 0.0258. The highest BCUT2D eigenvalue weighted by Crippen LogP contribution is 2.20. The first-order valence-electron chi connectivity index (χ1n) is 8.87. The number of nitrogens with zero attached hydrogens (tertiary/aromatic N) is 3. The molecule has 146 valence electrons. The SMILES string of the molecule is CN=C(NCCCSc1nccs1)NCCc1cccc(C(=O)N(C)C)c1. The summed E-state index contributed by atoms with van der Waals surface area (Å²) in [5.74, 6) is 1.86. The Morgan fingerprint density at radius 2 is 2.11 bits per heavy atom. The maximum Gasteiger partial charge on any atom is 0.253 e. The molecule has 27 heavy (non-hydrogen) atoms. The van der Waals surface area contributed by atoms with Crippen LogP contribution in [0.25, 0.3) is 0 Å². The maximum atomic E-state index is 12.0. The average molecular weight is 406 g/mol. The van der Waals surface area contributed by atoms with Crippen molar-refractivity contribution < 1.29 is 4.79 Å². The Morgan fingerprint density at radius 1 is 1.30 bits per heavy atom. The van der Waals surface area contributed by atoms with Gasteiger partial charge in [0.1, 0.15) is 4.34 Å². The van der Waals surface area contributed by atoms with Gasteiger partial charge in [-0.1, -0.05) is 23.9 Å². The number of nitrogens with one attached hydrogen (secondary N) is 2. The fourth-order valence-electron chi connectivity index (χ4n) is 2.38. The number of carbonyl (C=O) groups is 1. The molecule has 0 saturated heterocycles. The molecule has 1 amide bonds. The number of thioether (sulfide) groups is 1. The number of carbonyl (C=O) groups excluding carboxylic acids is 1. The van der Waals surface area contributed by atoms with Crippen molar-refractivity contribution in [2.24, 2.45) is 4.99 Å². The molecular weight excluding hydrogens is 378 g/mol. The lowest BCUT2D eigenvalue weighted by Crippen LogP contribution is -2.38. The van der Waals surface area contributed by atoms with E-state index in [2.05, 4.69) is 20.6 Å². The molecule has 1 aromatic heterocycles. The van der Waals surface area contributed by atoms with Crippen molar-refractivity contribution >= 4 is 35.0 Å². The van der Waals surface area contributed by atoms with Gasteiger partial charge < -0.3 is 15.5 Å². The Labute approximate surface area is 169 Å². The summed E-state index contributed by atoms with van der Waals surface area (Å²) >= 11 is 3.46. The molecule has 2 rings (SSSR count). The Balaban J connectivity index is 1.67. The number of amides is 1. The summed E-state index contributed by atoms with van der Waals surface area (Å²) < 4.78 is 1.12. The van der Waals surface area contributed by atoms with Crippen LogP contribution in [0.3, 0.4) is 0 Å². The molecule has 2 N–H and O–H groups in total. The van der Waals surface area contributed by atoms with Gasteiger partial charge in [0, 0.05) is 57.1 Å². The van der Waals surface area contributed by atoms with Crippen LogP contribution in [0.2, 0.25) is 0 Å². The van der Waals surface area contributed by atoms with Crippen LogP contribution < -0.4 is 10.6 Å². The normalized spacial score (nSPS) is 11.3. The van der Waals surface area contributed by atoms with Gasteiger partial charge in [0.05, 0.1) is 0 Å². The summed E-state index contributed by atoms with van der Waals surface area (Å²) in [4.78, 5) is 22.2. The molecule has 0 unspecified atom stereocenters. The molecule has 0 bridgehead atoms. The largest absolute Gasteiger partial charge is 0.356 e. The van der Waals surface area contributed by atoms with Gasteiger partial charge in [0.25, 0.3) is 5.91 Å². The number of hydrogen-bond acceptors (Lipinski definition) is 5. The molecule has 0 radical (unpaired) electrons. The van der Waals surface area contributed by atoms with Crippen molar-refractivity contribution in [3.05, 3.63) is 47.0 Å². The molecule has 2 aromatic rings. The number of aliphatic imine (C=N–C) groups is 1. The van der Waals surface area contributed by atoms with Crippen LogP contribution in [-0.4, -0.2) is 61.7 Å². The lowest BCUT2D eigenvalue weighted by atomic mass is 10.1. The predicted octanol–water partition coefficient (Wildman–Crippen LogP) is 2.73. The smallest absolute Gasteiger partial charge is 0.253 e. The molecule has 0 atom stereocenters. The third-order valence-corrected chi connectivity index (χ3v) is 5.81. The Kier molecular flexibility index (Phi) is 9.13. The molecule has 0 aliphatic rings. The van der Waals surface area contributed by atoms with Crippen LogP contribution in [0.5, 0.6) is 0 Å². The van der Waals surface area contributed by atoms with Crippen molar-refractivity contribution in [3.63, 3.8) is 0 Å². The van der Waals surface area contributed by atoms with E-state index in [9.17, 15) is 4.79 Å². The molecule has 0 aliphatic heterocycles. The maximum absolute atomic E-state index is 12.0. The summed E-state index contributed by atoms with van der Waals surface area (Å²) in [6.45, 7) is 1.62. The van der Waals surface area contributed by atoms with Gasteiger partial charge in [0.15, 0.2) is 5.96 Å². The van der Waals surface area contributed by atoms with Gasteiger partial charge in [-0.15, -0.1) is 11.3 Å². The van der Waals surface area contributed by atoms with Crippen LogP contribution in [0, 0.1) is 0 Å². The number of guanidine groups is 1. The third kappa shape index (κ3) is 7.60. The van der Waals surface area contributed by atoms with E-state index in [1.165, 1.54) is 0 Å². The summed E-state index contributed by atoms with van der Waals surface area (Å²) in [5, 5.41) is 8.65. The number of hydrogen-bond donors (Lipinski definition) is 2. The highest BCUT2D eigenvalue weighted by Gasteiger charge is 2.08. The quantitative estimate of drug-likeness (QED) is 0.291. The van der Waals surface area contributed by atoms with Gasteiger partial charge in [0.2, 0.25) is 0 Å². The van der Waals surface area contributed by atoms with Crippen LogP contribution in [-0.2, 0) is 6.42 Å². The monoisotopic (exact) mass is 405 g/mol. The van der Waals surface area contributed by atoms with E-state index < -0.39 is 0 Å². The van der Waals surface area contributed by atoms with E-state index in [1.54, 1.807) is 49.1 Å². The van der Waals surface area contributed by atoms with Gasteiger partial charge in [-0.2, -0.15) is 0 Å². The standard InChI is InChI=1S/C19H27N5OS2/c1-20-18(21-9-5-12-26-19-23-11-13-27-19)22-10-8-15-6-4-7-16(14-15)17(25)24(2)3/h4,6-7,11,13-14H,5,8-10,12H2,1-3H3,(H2,20,21,22). The van der Waals surface area contributed by atoms with E-state index in [1.807, 2.05) is 35.8 Å². The average Bonchev–Trinajstić information content (AvgIpc) is 3.19. The summed E-state index contributed by atoms with van der Waals surface area (Å²) in [6, 6.07) is 7.78. The van der Waals surface area contributed by atoms with Gasteiger partial charge in [-0.3, -0.25) is 9.79 Å². The number of benzene rings is 1. The van der Waals surface area contributed by atoms with Crippen LogP contribution in [0.4, 0.5) is 0 Å². The topological polar surface area (TPSA) is 69.6 Å². The Morgan fingerprint density at radius 3 is 2.81 bits per heavy atom. The van der Waals surface area contributed by atoms with Crippen LogP contribution in [0.1, 0.15) is 22.3 Å². The molecule has 8 heteroatoms. The first kappa shape index (κ1) is 21.2. The minimum atomic E-state index is 0.0258. The molecule has 0 spiro atoms. The lowest BCUT2D eigenvalue weighted by molar-refractivity contribution is 0.0827. The lowest BCUT2D eigenvalue weighted by Gasteiger charge is -2.13. The van der Waals surface area contributed by atoms with E-state index in [-0.39, 0.29) is 5.91 Å².